The van der Waals surface area contributed by atoms with E-state index in [1.165, 1.54) is 11.1 Å². The van der Waals surface area contributed by atoms with Crippen LogP contribution in [0.25, 0.3) is 22.2 Å². The van der Waals surface area contributed by atoms with Gasteiger partial charge < -0.3 is 10.6 Å². The molecule has 0 radical (unpaired) electrons. The topological polar surface area (TPSA) is 83.3 Å². The van der Waals surface area contributed by atoms with Crippen molar-refractivity contribution < 1.29 is 9.42 Å². The molecular formula is C26H27N5O2. The molecule has 1 atom stereocenters. The number of amides is 1. The average molecular weight is 442 g/mol. The lowest BCUT2D eigenvalue weighted by Gasteiger charge is -2.31. The lowest BCUT2D eigenvalue weighted by molar-refractivity contribution is 0.0951. The van der Waals surface area contributed by atoms with Gasteiger partial charge >= 0.3 is 0 Å². The zero-order valence-electron chi connectivity index (χ0n) is 18.6. The van der Waals surface area contributed by atoms with E-state index in [1.807, 2.05) is 12.1 Å². The Morgan fingerprint density at radius 2 is 1.79 bits per heavy atom. The fourth-order valence-corrected chi connectivity index (χ4v) is 4.33. The Labute approximate surface area is 192 Å². The Morgan fingerprint density at radius 3 is 2.61 bits per heavy atom. The van der Waals surface area contributed by atoms with Crippen molar-refractivity contribution in [1.29, 1.82) is 0 Å². The van der Waals surface area contributed by atoms with Gasteiger partial charge in [-0.2, -0.15) is 0 Å². The number of carbonyl (C=O) groups excluding carboxylic acids is 1. The van der Waals surface area contributed by atoms with Gasteiger partial charge in [-0.15, -0.1) is 0 Å². The molecule has 1 unspecified atom stereocenters. The van der Waals surface area contributed by atoms with Crippen molar-refractivity contribution in [3.05, 3.63) is 83.4 Å². The summed E-state index contributed by atoms with van der Waals surface area (Å²) in [5.74, 6) is -0.155. The Bertz CT molecular complexity index is 1270. The second-order valence-electron chi connectivity index (χ2n) is 8.64. The average Bonchev–Trinajstić information content (AvgIpc) is 3.31. The SMILES string of the molecule is CC1CN(Cc2cccc(-c3cccc(CNC(=O)c4ccc5nonc5c4)c3)c2)CCN1. The van der Waals surface area contributed by atoms with Crippen molar-refractivity contribution in [3.63, 3.8) is 0 Å². The standard InChI is InChI=1S/C26H27N5O2/c1-18-16-31(11-10-27-18)17-20-5-3-7-22(13-20)21-6-2-4-19(12-21)15-28-26(32)23-8-9-24-25(14-23)30-33-29-24/h2-9,12-14,18,27H,10-11,15-17H2,1H3,(H,28,32). The second kappa shape index (κ2) is 9.52. The van der Waals surface area contributed by atoms with Crippen LogP contribution in [-0.2, 0) is 13.1 Å². The van der Waals surface area contributed by atoms with Crippen molar-refractivity contribution in [2.24, 2.45) is 0 Å². The number of aromatic nitrogens is 2. The van der Waals surface area contributed by atoms with Gasteiger partial charge in [0.2, 0.25) is 0 Å². The molecular weight excluding hydrogens is 414 g/mol. The Hall–Kier alpha value is -3.55. The van der Waals surface area contributed by atoms with Gasteiger partial charge in [-0.05, 0) is 69.8 Å². The molecule has 1 fully saturated rings. The molecule has 2 N–H and O–H groups in total. The summed E-state index contributed by atoms with van der Waals surface area (Å²) >= 11 is 0. The third-order valence-corrected chi connectivity index (χ3v) is 6.02. The van der Waals surface area contributed by atoms with Crippen LogP contribution >= 0.6 is 0 Å². The van der Waals surface area contributed by atoms with Gasteiger partial charge in [0.25, 0.3) is 5.91 Å². The molecule has 2 heterocycles. The smallest absolute Gasteiger partial charge is 0.251 e. The molecule has 1 saturated heterocycles. The summed E-state index contributed by atoms with van der Waals surface area (Å²) in [7, 11) is 0. The number of carbonyl (C=O) groups is 1. The molecule has 0 spiro atoms. The highest BCUT2D eigenvalue weighted by Gasteiger charge is 2.15. The fourth-order valence-electron chi connectivity index (χ4n) is 4.33. The zero-order chi connectivity index (χ0) is 22.6. The lowest BCUT2D eigenvalue weighted by Crippen LogP contribution is -2.48. The normalized spacial score (nSPS) is 16.7. The quantitative estimate of drug-likeness (QED) is 0.476. The third-order valence-electron chi connectivity index (χ3n) is 6.02. The number of nitrogens with zero attached hydrogens (tertiary/aromatic N) is 3. The maximum absolute atomic E-state index is 12.6. The maximum atomic E-state index is 12.6. The minimum Gasteiger partial charge on any atom is -0.348 e. The first-order valence-electron chi connectivity index (χ1n) is 11.3. The molecule has 7 heteroatoms. The maximum Gasteiger partial charge on any atom is 0.251 e. The summed E-state index contributed by atoms with van der Waals surface area (Å²) in [4.78, 5) is 15.1. The monoisotopic (exact) mass is 441 g/mol. The van der Waals surface area contributed by atoms with Crippen LogP contribution in [0, 0.1) is 0 Å². The number of rotatable bonds is 6. The first-order valence-corrected chi connectivity index (χ1v) is 11.3. The lowest BCUT2D eigenvalue weighted by atomic mass is 10.0. The molecule has 5 rings (SSSR count). The first-order chi connectivity index (χ1) is 16.1. The number of hydrogen-bond acceptors (Lipinski definition) is 6. The van der Waals surface area contributed by atoms with Gasteiger partial charge in [-0.3, -0.25) is 9.69 Å². The number of fused-ring (bicyclic) bond motifs is 1. The summed E-state index contributed by atoms with van der Waals surface area (Å²) in [6.45, 7) is 6.82. The van der Waals surface area contributed by atoms with Gasteiger partial charge in [0.05, 0.1) is 0 Å². The molecule has 7 nitrogen and oxygen atoms in total. The highest BCUT2D eigenvalue weighted by Crippen LogP contribution is 2.23. The van der Waals surface area contributed by atoms with Crippen LogP contribution in [0.15, 0.2) is 71.4 Å². The summed E-state index contributed by atoms with van der Waals surface area (Å²) in [6, 6.07) is 22.7. The summed E-state index contributed by atoms with van der Waals surface area (Å²) in [6.07, 6.45) is 0. The van der Waals surface area contributed by atoms with Crippen LogP contribution in [0.5, 0.6) is 0 Å². The Balaban J connectivity index is 1.25. The number of hydrogen-bond donors (Lipinski definition) is 2. The Morgan fingerprint density at radius 1 is 1.03 bits per heavy atom. The number of piperazine rings is 1. The molecule has 4 aromatic rings. The van der Waals surface area contributed by atoms with Gasteiger partial charge in [0.15, 0.2) is 0 Å². The van der Waals surface area contributed by atoms with E-state index in [0.717, 1.165) is 37.3 Å². The predicted octanol–water partition coefficient (Wildman–Crippen LogP) is 3.61. The Kier molecular flexibility index (Phi) is 6.15. The van der Waals surface area contributed by atoms with E-state index in [1.54, 1.807) is 18.2 Å². The molecule has 3 aromatic carbocycles. The minimum absolute atomic E-state index is 0.155. The molecule has 33 heavy (non-hydrogen) atoms. The molecule has 0 saturated carbocycles. The van der Waals surface area contributed by atoms with Crippen molar-refractivity contribution in [1.82, 2.24) is 25.8 Å². The van der Waals surface area contributed by atoms with Crippen molar-refractivity contribution in [2.75, 3.05) is 19.6 Å². The summed E-state index contributed by atoms with van der Waals surface area (Å²) < 4.78 is 4.70. The highest BCUT2D eigenvalue weighted by molar-refractivity contribution is 5.97. The van der Waals surface area contributed by atoms with Crippen molar-refractivity contribution in [2.45, 2.75) is 26.1 Å². The van der Waals surface area contributed by atoms with Crippen LogP contribution < -0.4 is 10.6 Å². The van der Waals surface area contributed by atoms with E-state index in [0.29, 0.717) is 29.2 Å². The zero-order valence-corrected chi connectivity index (χ0v) is 18.6. The summed E-state index contributed by atoms with van der Waals surface area (Å²) in [5.41, 5.74) is 6.43. The van der Waals surface area contributed by atoms with E-state index in [9.17, 15) is 4.79 Å². The molecule has 1 aromatic heterocycles. The molecule has 0 bridgehead atoms. The van der Waals surface area contributed by atoms with Gasteiger partial charge in [-0.1, -0.05) is 36.4 Å². The molecule has 0 aliphatic carbocycles. The van der Waals surface area contributed by atoms with E-state index < -0.39 is 0 Å². The third kappa shape index (κ3) is 5.10. The van der Waals surface area contributed by atoms with E-state index in [-0.39, 0.29) is 5.91 Å². The second-order valence-corrected chi connectivity index (χ2v) is 8.64. The summed E-state index contributed by atoms with van der Waals surface area (Å²) in [5, 5.41) is 14.1. The number of nitrogens with one attached hydrogen (secondary N) is 2. The van der Waals surface area contributed by atoms with Crippen LogP contribution in [0.4, 0.5) is 0 Å². The van der Waals surface area contributed by atoms with Crippen molar-refractivity contribution >= 4 is 16.9 Å². The predicted molar refractivity (Wildman–Crippen MR) is 128 cm³/mol. The van der Waals surface area contributed by atoms with Crippen LogP contribution in [0.1, 0.15) is 28.4 Å². The van der Waals surface area contributed by atoms with E-state index >= 15 is 0 Å². The van der Waals surface area contributed by atoms with Crippen LogP contribution in [0.2, 0.25) is 0 Å². The van der Waals surface area contributed by atoms with Crippen LogP contribution in [-0.4, -0.2) is 46.8 Å². The first kappa shape index (κ1) is 21.3. The van der Waals surface area contributed by atoms with Gasteiger partial charge in [-0.25, -0.2) is 4.63 Å². The highest BCUT2D eigenvalue weighted by atomic mass is 16.6. The van der Waals surface area contributed by atoms with Gasteiger partial charge in [0, 0.05) is 44.3 Å². The van der Waals surface area contributed by atoms with Crippen LogP contribution in [0.3, 0.4) is 0 Å². The van der Waals surface area contributed by atoms with E-state index in [2.05, 4.69) is 69.2 Å². The fraction of sp³-hybridized carbons (Fsp3) is 0.269. The van der Waals surface area contributed by atoms with E-state index in [4.69, 9.17) is 4.63 Å². The largest absolute Gasteiger partial charge is 0.348 e. The van der Waals surface area contributed by atoms with Crippen molar-refractivity contribution in [3.8, 4) is 11.1 Å². The number of benzene rings is 3. The minimum atomic E-state index is -0.155. The van der Waals surface area contributed by atoms with Gasteiger partial charge in [0.1, 0.15) is 11.0 Å². The molecule has 1 aliphatic heterocycles. The molecule has 168 valence electrons. The molecule has 1 aliphatic rings. The molecule has 1 amide bonds.